The molecular formula is C29H34ClN3O4S. The van der Waals surface area contributed by atoms with Gasteiger partial charge in [-0.15, -0.1) is 0 Å². The summed E-state index contributed by atoms with van der Waals surface area (Å²) in [4.78, 5) is 28.5. The van der Waals surface area contributed by atoms with E-state index in [0.29, 0.717) is 34.8 Å². The molecule has 0 saturated heterocycles. The van der Waals surface area contributed by atoms with E-state index >= 15 is 0 Å². The van der Waals surface area contributed by atoms with E-state index in [9.17, 15) is 18.0 Å². The van der Waals surface area contributed by atoms with Gasteiger partial charge in [-0.25, -0.2) is 8.42 Å². The first-order valence-corrected chi connectivity index (χ1v) is 14.4. The normalized spacial score (nSPS) is 12.0. The number of nitrogens with one attached hydrogen (secondary N) is 1. The lowest BCUT2D eigenvalue weighted by molar-refractivity contribution is -0.140. The Labute approximate surface area is 230 Å². The molecule has 0 radical (unpaired) electrons. The number of halogens is 1. The second kappa shape index (κ2) is 12.9. The van der Waals surface area contributed by atoms with E-state index in [-0.39, 0.29) is 17.3 Å². The number of hydrogen-bond acceptors (Lipinski definition) is 4. The lowest BCUT2D eigenvalue weighted by Crippen LogP contribution is -2.52. The van der Waals surface area contributed by atoms with Crippen LogP contribution >= 0.6 is 11.6 Å². The lowest BCUT2D eigenvalue weighted by atomic mass is 10.1. The Balaban J connectivity index is 2.10. The van der Waals surface area contributed by atoms with Crippen LogP contribution in [-0.2, 0) is 26.2 Å². The molecule has 7 nitrogen and oxygen atoms in total. The maximum atomic E-state index is 14.0. The molecule has 38 heavy (non-hydrogen) atoms. The quantitative estimate of drug-likeness (QED) is 0.357. The highest BCUT2D eigenvalue weighted by molar-refractivity contribution is 7.92. The molecular weight excluding hydrogens is 522 g/mol. The summed E-state index contributed by atoms with van der Waals surface area (Å²) in [6.45, 7) is 7.32. The SMILES string of the molecule is CCNC(=O)[C@@H](CC)N(Cc1ccccc1Cl)C(=O)CN(c1ccc(C)cc1C)S(=O)(=O)c1ccccc1. The number of benzene rings is 3. The van der Waals surface area contributed by atoms with E-state index in [0.717, 1.165) is 9.87 Å². The predicted molar refractivity (Wildman–Crippen MR) is 152 cm³/mol. The summed E-state index contributed by atoms with van der Waals surface area (Å²) >= 11 is 6.41. The number of nitrogens with zero attached hydrogens (tertiary/aromatic N) is 2. The third kappa shape index (κ3) is 6.74. The summed E-state index contributed by atoms with van der Waals surface area (Å²) in [6.07, 6.45) is 0.344. The average molecular weight is 556 g/mol. The minimum Gasteiger partial charge on any atom is -0.355 e. The van der Waals surface area contributed by atoms with E-state index in [4.69, 9.17) is 11.6 Å². The van der Waals surface area contributed by atoms with Gasteiger partial charge in [0.1, 0.15) is 12.6 Å². The zero-order valence-corrected chi connectivity index (χ0v) is 23.7. The van der Waals surface area contributed by atoms with Gasteiger partial charge in [0.05, 0.1) is 10.6 Å². The molecule has 0 heterocycles. The van der Waals surface area contributed by atoms with Crippen molar-refractivity contribution in [2.45, 2.75) is 51.6 Å². The van der Waals surface area contributed by atoms with Gasteiger partial charge in [0.15, 0.2) is 0 Å². The molecule has 0 aromatic heterocycles. The van der Waals surface area contributed by atoms with Crippen molar-refractivity contribution in [1.82, 2.24) is 10.2 Å². The Morgan fingerprint density at radius 2 is 1.61 bits per heavy atom. The fraction of sp³-hybridized carbons (Fsp3) is 0.310. The monoisotopic (exact) mass is 555 g/mol. The second-order valence-electron chi connectivity index (χ2n) is 9.05. The van der Waals surface area contributed by atoms with Crippen molar-refractivity contribution in [3.05, 3.63) is 94.5 Å². The van der Waals surface area contributed by atoms with Crippen LogP contribution in [0.3, 0.4) is 0 Å². The lowest BCUT2D eigenvalue weighted by Gasteiger charge is -2.33. The van der Waals surface area contributed by atoms with E-state index in [1.807, 2.05) is 32.9 Å². The first-order valence-electron chi connectivity index (χ1n) is 12.6. The summed E-state index contributed by atoms with van der Waals surface area (Å²) in [5.74, 6) is -0.818. The minimum atomic E-state index is -4.10. The molecule has 0 aliphatic heterocycles. The Kier molecular flexibility index (Phi) is 9.94. The van der Waals surface area contributed by atoms with Crippen LogP contribution in [-0.4, -0.2) is 44.3 Å². The van der Waals surface area contributed by atoms with Crippen LogP contribution in [0.25, 0.3) is 0 Å². The van der Waals surface area contributed by atoms with Gasteiger partial charge in [0, 0.05) is 18.1 Å². The van der Waals surface area contributed by atoms with Crippen molar-refractivity contribution >= 4 is 39.1 Å². The van der Waals surface area contributed by atoms with Gasteiger partial charge in [0.2, 0.25) is 11.8 Å². The highest BCUT2D eigenvalue weighted by Crippen LogP contribution is 2.28. The van der Waals surface area contributed by atoms with Crippen molar-refractivity contribution < 1.29 is 18.0 Å². The van der Waals surface area contributed by atoms with Crippen molar-refractivity contribution in [1.29, 1.82) is 0 Å². The van der Waals surface area contributed by atoms with Crippen molar-refractivity contribution in [2.24, 2.45) is 0 Å². The summed E-state index contributed by atoms with van der Waals surface area (Å²) in [7, 11) is -4.10. The van der Waals surface area contributed by atoms with Crippen molar-refractivity contribution in [3.8, 4) is 0 Å². The summed E-state index contributed by atoms with van der Waals surface area (Å²) in [5, 5.41) is 3.25. The van der Waals surface area contributed by atoms with Gasteiger partial charge < -0.3 is 10.2 Å². The number of amides is 2. The Bertz CT molecular complexity index is 1380. The van der Waals surface area contributed by atoms with Crippen LogP contribution in [0, 0.1) is 13.8 Å². The summed E-state index contributed by atoms with van der Waals surface area (Å²) in [6, 6.07) is 19.7. The fourth-order valence-electron chi connectivity index (χ4n) is 4.34. The molecule has 0 fully saturated rings. The standard InChI is InChI=1S/C29H34ClN3O4S/c1-5-26(29(35)31-6-2)32(19-23-12-10-11-15-25(23)30)28(34)20-33(27-17-16-21(3)18-22(27)4)38(36,37)24-13-8-7-9-14-24/h7-18,26H,5-6,19-20H2,1-4H3,(H,31,35)/t26-/m1/s1. The van der Waals surface area contributed by atoms with Gasteiger partial charge in [0.25, 0.3) is 10.0 Å². The molecule has 0 unspecified atom stereocenters. The molecule has 1 N–H and O–H groups in total. The maximum Gasteiger partial charge on any atom is 0.264 e. The van der Waals surface area contributed by atoms with Gasteiger partial charge >= 0.3 is 0 Å². The van der Waals surface area contributed by atoms with Crippen molar-refractivity contribution in [2.75, 3.05) is 17.4 Å². The number of rotatable bonds is 11. The Morgan fingerprint density at radius 1 is 0.947 bits per heavy atom. The van der Waals surface area contributed by atoms with Crippen LogP contribution in [0.15, 0.2) is 77.7 Å². The maximum absolute atomic E-state index is 14.0. The third-order valence-electron chi connectivity index (χ3n) is 6.27. The molecule has 0 aliphatic carbocycles. The predicted octanol–water partition coefficient (Wildman–Crippen LogP) is 5.10. The van der Waals surface area contributed by atoms with E-state index in [1.165, 1.54) is 17.0 Å². The number of likely N-dealkylation sites (N-methyl/N-ethyl adjacent to an activating group) is 1. The number of aryl methyl sites for hydroxylation is 2. The van der Waals surface area contributed by atoms with Crippen LogP contribution < -0.4 is 9.62 Å². The zero-order chi connectivity index (χ0) is 27.9. The average Bonchev–Trinajstić information content (AvgIpc) is 2.89. The molecule has 0 spiro atoms. The molecule has 3 aromatic carbocycles. The molecule has 9 heteroatoms. The highest BCUT2D eigenvalue weighted by atomic mass is 35.5. The summed E-state index contributed by atoms with van der Waals surface area (Å²) in [5.41, 5.74) is 2.74. The largest absolute Gasteiger partial charge is 0.355 e. The number of carbonyl (C=O) groups is 2. The molecule has 1 atom stereocenters. The second-order valence-corrected chi connectivity index (χ2v) is 11.3. The van der Waals surface area contributed by atoms with Gasteiger partial charge in [-0.3, -0.25) is 13.9 Å². The molecule has 3 rings (SSSR count). The first-order chi connectivity index (χ1) is 18.1. The van der Waals surface area contributed by atoms with Crippen molar-refractivity contribution in [3.63, 3.8) is 0 Å². The van der Waals surface area contributed by atoms with E-state index < -0.39 is 28.5 Å². The van der Waals surface area contributed by atoms with E-state index in [2.05, 4.69) is 5.32 Å². The third-order valence-corrected chi connectivity index (χ3v) is 8.41. The smallest absolute Gasteiger partial charge is 0.264 e. The number of carbonyl (C=O) groups excluding carboxylic acids is 2. The molecule has 0 aliphatic rings. The molecule has 2 amide bonds. The van der Waals surface area contributed by atoms with Crippen LogP contribution in [0.2, 0.25) is 5.02 Å². The van der Waals surface area contributed by atoms with Crippen LogP contribution in [0.5, 0.6) is 0 Å². The topological polar surface area (TPSA) is 86.8 Å². The van der Waals surface area contributed by atoms with E-state index in [1.54, 1.807) is 55.5 Å². The number of sulfonamides is 1. The molecule has 0 bridgehead atoms. The van der Waals surface area contributed by atoms with Gasteiger partial charge in [-0.1, -0.05) is 72.6 Å². The minimum absolute atomic E-state index is 0.0558. The zero-order valence-electron chi connectivity index (χ0n) is 22.1. The number of anilines is 1. The highest BCUT2D eigenvalue weighted by Gasteiger charge is 2.34. The molecule has 0 saturated carbocycles. The first kappa shape index (κ1) is 29.2. The van der Waals surface area contributed by atoms with Gasteiger partial charge in [-0.05, 0) is 62.6 Å². The summed E-state index contributed by atoms with van der Waals surface area (Å²) < 4.78 is 28.9. The number of hydrogen-bond donors (Lipinski definition) is 1. The van der Waals surface area contributed by atoms with Gasteiger partial charge in [-0.2, -0.15) is 0 Å². The van der Waals surface area contributed by atoms with Crippen LogP contribution in [0.4, 0.5) is 5.69 Å². The molecule has 3 aromatic rings. The Hall–Kier alpha value is -3.36. The van der Waals surface area contributed by atoms with Crippen LogP contribution in [0.1, 0.15) is 37.0 Å². The molecule has 202 valence electrons. The fourth-order valence-corrected chi connectivity index (χ4v) is 6.04. The Morgan fingerprint density at radius 3 is 2.21 bits per heavy atom.